The third-order valence-electron chi connectivity index (χ3n) is 2.08. The Bertz CT molecular complexity index is 330. The second-order valence-corrected chi connectivity index (χ2v) is 3.77. The number of halogens is 1. The molecule has 16 heavy (non-hydrogen) atoms. The van der Waals surface area contributed by atoms with E-state index in [9.17, 15) is 0 Å². The van der Waals surface area contributed by atoms with Gasteiger partial charge < -0.3 is 20.9 Å². The SMILES string of the molecule is COCC(CCO)Nc1nc(Cl)ccc1N. The zero-order chi connectivity index (χ0) is 12.0. The number of ether oxygens (including phenoxy) is 1. The highest BCUT2D eigenvalue weighted by atomic mass is 35.5. The Balaban J connectivity index is 2.71. The van der Waals surface area contributed by atoms with Gasteiger partial charge in [-0.3, -0.25) is 0 Å². The van der Waals surface area contributed by atoms with Crippen LogP contribution in [0, 0.1) is 0 Å². The average Bonchev–Trinajstić information content (AvgIpc) is 2.24. The molecule has 0 saturated heterocycles. The van der Waals surface area contributed by atoms with Crippen molar-refractivity contribution in [2.24, 2.45) is 0 Å². The number of nitrogen functional groups attached to an aromatic ring is 1. The molecule has 1 heterocycles. The Kier molecular flexibility index (Phi) is 5.31. The van der Waals surface area contributed by atoms with Crippen molar-refractivity contribution in [1.29, 1.82) is 0 Å². The van der Waals surface area contributed by atoms with Gasteiger partial charge in [-0.1, -0.05) is 11.6 Å². The second kappa shape index (κ2) is 6.52. The van der Waals surface area contributed by atoms with E-state index in [2.05, 4.69) is 10.3 Å². The number of anilines is 2. The van der Waals surface area contributed by atoms with E-state index in [1.807, 2.05) is 0 Å². The minimum Gasteiger partial charge on any atom is -0.396 e. The Hall–Kier alpha value is -1.04. The van der Waals surface area contributed by atoms with Crippen LogP contribution in [-0.2, 0) is 4.74 Å². The molecule has 1 rings (SSSR count). The number of nitrogens with zero attached hydrogens (tertiary/aromatic N) is 1. The smallest absolute Gasteiger partial charge is 0.151 e. The van der Waals surface area contributed by atoms with E-state index in [1.165, 1.54) is 0 Å². The normalized spacial score (nSPS) is 12.4. The zero-order valence-electron chi connectivity index (χ0n) is 9.11. The minimum absolute atomic E-state index is 0.0386. The van der Waals surface area contributed by atoms with E-state index in [-0.39, 0.29) is 12.6 Å². The summed E-state index contributed by atoms with van der Waals surface area (Å²) in [5, 5.41) is 12.3. The van der Waals surface area contributed by atoms with Crippen molar-refractivity contribution in [2.75, 3.05) is 31.4 Å². The van der Waals surface area contributed by atoms with Crippen LogP contribution in [0.25, 0.3) is 0 Å². The van der Waals surface area contributed by atoms with Gasteiger partial charge in [0, 0.05) is 13.7 Å². The van der Waals surface area contributed by atoms with Crippen LogP contribution in [0.2, 0.25) is 5.15 Å². The first kappa shape index (κ1) is 13.0. The number of hydrogen-bond acceptors (Lipinski definition) is 5. The molecule has 5 nitrogen and oxygen atoms in total. The molecule has 1 aromatic heterocycles. The molecule has 1 atom stereocenters. The van der Waals surface area contributed by atoms with Gasteiger partial charge in [0.2, 0.25) is 0 Å². The summed E-state index contributed by atoms with van der Waals surface area (Å²) in [7, 11) is 1.60. The molecule has 0 bridgehead atoms. The van der Waals surface area contributed by atoms with Crippen molar-refractivity contribution < 1.29 is 9.84 Å². The van der Waals surface area contributed by atoms with E-state index in [4.69, 9.17) is 27.2 Å². The predicted octanol–water partition coefficient (Wildman–Crippen LogP) is 1.13. The number of hydrogen-bond donors (Lipinski definition) is 3. The number of aliphatic hydroxyl groups excluding tert-OH is 1. The fourth-order valence-electron chi connectivity index (χ4n) is 1.31. The highest BCUT2D eigenvalue weighted by Crippen LogP contribution is 2.19. The molecule has 0 fully saturated rings. The topological polar surface area (TPSA) is 80.4 Å². The summed E-state index contributed by atoms with van der Waals surface area (Å²) in [4.78, 5) is 4.07. The van der Waals surface area contributed by atoms with Gasteiger partial charge in [0.05, 0.1) is 18.3 Å². The van der Waals surface area contributed by atoms with Crippen LogP contribution in [0.15, 0.2) is 12.1 Å². The number of rotatable bonds is 6. The Morgan fingerprint density at radius 2 is 2.38 bits per heavy atom. The lowest BCUT2D eigenvalue weighted by molar-refractivity contribution is 0.170. The summed E-state index contributed by atoms with van der Waals surface area (Å²) in [5.74, 6) is 0.517. The summed E-state index contributed by atoms with van der Waals surface area (Å²) in [5.41, 5.74) is 6.26. The van der Waals surface area contributed by atoms with E-state index >= 15 is 0 Å². The maximum Gasteiger partial charge on any atom is 0.151 e. The molecule has 6 heteroatoms. The highest BCUT2D eigenvalue weighted by Gasteiger charge is 2.10. The molecule has 0 aliphatic carbocycles. The fraction of sp³-hybridized carbons (Fsp3) is 0.500. The number of aromatic nitrogens is 1. The molecule has 0 saturated carbocycles. The summed E-state index contributed by atoms with van der Waals surface area (Å²) >= 11 is 5.77. The predicted molar refractivity (Wildman–Crippen MR) is 64.6 cm³/mol. The Labute approximate surface area is 99.6 Å². The second-order valence-electron chi connectivity index (χ2n) is 3.38. The van der Waals surface area contributed by atoms with E-state index < -0.39 is 0 Å². The van der Waals surface area contributed by atoms with Crippen LogP contribution in [0.5, 0.6) is 0 Å². The summed E-state index contributed by atoms with van der Waals surface area (Å²) in [6, 6.07) is 3.27. The van der Waals surface area contributed by atoms with Gasteiger partial charge in [0.1, 0.15) is 5.15 Å². The monoisotopic (exact) mass is 245 g/mol. The van der Waals surface area contributed by atoms with Gasteiger partial charge in [-0.2, -0.15) is 0 Å². The third-order valence-corrected chi connectivity index (χ3v) is 2.29. The quantitative estimate of drug-likeness (QED) is 0.655. The van der Waals surface area contributed by atoms with Crippen LogP contribution < -0.4 is 11.1 Å². The van der Waals surface area contributed by atoms with Crippen molar-refractivity contribution in [2.45, 2.75) is 12.5 Å². The van der Waals surface area contributed by atoms with Crippen LogP contribution in [0.1, 0.15) is 6.42 Å². The molecule has 0 aliphatic heterocycles. The van der Waals surface area contributed by atoms with Gasteiger partial charge in [-0.05, 0) is 18.6 Å². The first-order chi connectivity index (χ1) is 7.67. The molecule has 0 aliphatic rings. The molecular weight excluding hydrogens is 230 g/mol. The first-order valence-corrected chi connectivity index (χ1v) is 5.33. The van der Waals surface area contributed by atoms with Crippen molar-refractivity contribution in [1.82, 2.24) is 4.98 Å². The van der Waals surface area contributed by atoms with Crippen molar-refractivity contribution >= 4 is 23.1 Å². The molecule has 4 N–H and O–H groups in total. The molecule has 1 unspecified atom stereocenters. The molecule has 0 aromatic carbocycles. The van der Waals surface area contributed by atoms with Crippen molar-refractivity contribution in [3.63, 3.8) is 0 Å². The average molecular weight is 246 g/mol. The van der Waals surface area contributed by atoms with Crippen LogP contribution >= 0.6 is 11.6 Å². The van der Waals surface area contributed by atoms with Gasteiger partial charge in [-0.25, -0.2) is 4.98 Å². The van der Waals surface area contributed by atoms with Gasteiger partial charge in [-0.15, -0.1) is 0 Å². The highest BCUT2D eigenvalue weighted by molar-refractivity contribution is 6.29. The van der Waals surface area contributed by atoms with Gasteiger partial charge >= 0.3 is 0 Å². The fourth-order valence-corrected chi connectivity index (χ4v) is 1.46. The van der Waals surface area contributed by atoms with Crippen LogP contribution in [0.3, 0.4) is 0 Å². The van der Waals surface area contributed by atoms with Crippen LogP contribution in [0.4, 0.5) is 11.5 Å². The zero-order valence-corrected chi connectivity index (χ0v) is 9.87. The maximum absolute atomic E-state index is 8.89. The molecule has 1 aromatic rings. The van der Waals surface area contributed by atoms with E-state index in [1.54, 1.807) is 19.2 Å². The Morgan fingerprint density at radius 3 is 3.00 bits per heavy atom. The lowest BCUT2D eigenvalue weighted by Crippen LogP contribution is -2.27. The number of nitrogens with one attached hydrogen (secondary N) is 1. The third kappa shape index (κ3) is 3.84. The Morgan fingerprint density at radius 1 is 1.62 bits per heavy atom. The van der Waals surface area contributed by atoms with E-state index in [0.29, 0.717) is 29.7 Å². The minimum atomic E-state index is -0.0386. The molecule has 0 amide bonds. The maximum atomic E-state index is 8.89. The largest absolute Gasteiger partial charge is 0.396 e. The molecular formula is C10H16ClN3O2. The number of methoxy groups -OCH3 is 1. The number of aliphatic hydroxyl groups is 1. The summed E-state index contributed by atoms with van der Waals surface area (Å²) in [6.45, 7) is 0.537. The molecule has 90 valence electrons. The lowest BCUT2D eigenvalue weighted by Gasteiger charge is -2.18. The van der Waals surface area contributed by atoms with E-state index in [0.717, 1.165) is 0 Å². The lowest BCUT2D eigenvalue weighted by atomic mass is 10.2. The first-order valence-electron chi connectivity index (χ1n) is 4.95. The van der Waals surface area contributed by atoms with Gasteiger partial charge in [0.25, 0.3) is 0 Å². The number of pyridine rings is 1. The molecule has 0 radical (unpaired) electrons. The summed E-state index contributed by atoms with van der Waals surface area (Å²) in [6.07, 6.45) is 0.557. The van der Waals surface area contributed by atoms with Gasteiger partial charge in [0.15, 0.2) is 5.82 Å². The molecule has 0 spiro atoms. The summed E-state index contributed by atoms with van der Waals surface area (Å²) < 4.78 is 5.02. The van der Waals surface area contributed by atoms with Crippen LogP contribution in [-0.4, -0.2) is 36.5 Å². The van der Waals surface area contributed by atoms with Crippen molar-refractivity contribution in [3.8, 4) is 0 Å². The number of nitrogens with two attached hydrogens (primary N) is 1. The van der Waals surface area contributed by atoms with Crippen molar-refractivity contribution in [3.05, 3.63) is 17.3 Å². The standard InChI is InChI=1S/C10H16ClN3O2/c1-16-6-7(4-5-15)13-10-8(12)2-3-9(11)14-10/h2-3,7,15H,4-6,12H2,1H3,(H,13,14).